The number of hydrogen-bond acceptors (Lipinski definition) is 4. The van der Waals surface area contributed by atoms with E-state index in [1.807, 2.05) is 0 Å². The average molecular weight is 337 g/mol. The van der Waals surface area contributed by atoms with Crippen LogP contribution in [0, 0.1) is 0 Å². The number of alkyl halides is 3. The van der Waals surface area contributed by atoms with E-state index in [0.717, 1.165) is 17.7 Å². The van der Waals surface area contributed by atoms with Crippen molar-refractivity contribution in [2.45, 2.75) is 19.3 Å². The van der Waals surface area contributed by atoms with Crippen molar-refractivity contribution in [1.82, 2.24) is 4.98 Å². The number of anilines is 2. The summed E-state index contributed by atoms with van der Waals surface area (Å²) in [6, 6.07) is 8.76. The molecule has 0 radical (unpaired) electrons. The summed E-state index contributed by atoms with van der Waals surface area (Å²) in [4.78, 5) is 17.5. The van der Waals surface area contributed by atoms with Crippen molar-refractivity contribution in [2.75, 3.05) is 16.8 Å². The zero-order valence-electron chi connectivity index (χ0n) is 12.5. The Labute approximate surface area is 135 Å². The molecule has 0 saturated carbocycles. The van der Waals surface area contributed by atoms with Crippen LogP contribution < -0.4 is 10.2 Å². The number of rotatable bonds is 2. The molecule has 126 valence electrons. The Bertz CT molecular complexity index is 777. The van der Waals surface area contributed by atoms with E-state index in [1.54, 1.807) is 24.3 Å². The number of carbonyl (C=O) groups is 1. The van der Waals surface area contributed by atoms with Crippen LogP contribution in [0.1, 0.15) is 16.8 Å². The number of para-hydroxylation sites is 1. The summed E-state index contributed by atoms with van der Waals surface area (Å²) in [5.41, 5.74) is 0.389. The number of fused-ring (bicyclic) bond motifs is 1. The van der Waals surface area contributed by atoms with Gasteiger partial charge in [-0.25, -0.2) is 4.98 Å². The Morgan fingerprint density at radius 1 is 1.21 bits per heavy atom. The fourth-order valence-corrected chi connectivity index (χ4v) is 2.55. The maximum atomic E-state index is 13.0. The van der Waals surface area contributed by atoms with Crippen molar-refractivity contribution in [1.29, 1.82) is 0 Å². The summed E-state index contributed by atoms with van der Waals surface area (Å²) in [7, 11) is 0. The summed E-state index contributed by atoms with van der Waals surface area (Å²) in [5.74, 6) is -0.342. The SMILES string of the molecule is O=C1CN(c2cc(C(F)(F)F)cc(CO)n2)Cc2ccccc2N1. The first kappa shape index (κ1) is 16.3. The average Bonchev–Trinajstić information content (AvgIpc) is 2.71. The predicted molar refractivity (Wildman–Crippen MR) is 81.3 cm³/mol. The van der Waals surface area contributed by atoms with E-state index < -0.39 is 18.3 Å². The summed E-state index contributed by atoms with van der Waals surface area (Å²) >= 11 is 0. The van der Waals surface area contributed by atoms with Gasteiger partial charge in [0.15, 0.2) is 0 Å². The third kappa shape index (κ3) is 3.33. The van der Waals surface area contributed by atoms with E-state index in [1.165, 1.54) is 4.90 Å². The third-order valence-corrected chi connectivity index (χ3v) is 3.67. The minimum atomic E-state index is -4.56. The Balaban J connectivity index is 2.03. The van der Waals surface area contributed by atoms with Gasteiger partial charge in [0.25, 0.3) is 0 Å². The molecule has 1 aromatic carbocycles. The van der Waals surface area contributed by atoms with Gasteiger partial charge in [-0.2, -0.15) is 13.2 Å². The van der Waals surface area contributed by atoms with Crippen molar-refractivity contribution < 1.29 is 23.1 Å². The van der Waals surface area contributed by atoms with Crippen molar-refractivity contribution in [3.8, 4) is 0 Å². The van der Waals surface area contributed by atoms with E-state index in [4.69, 9.17) is 0 Å². The number of aliphatic hydroxyl groups excluding tert-OH is 1. The van der Waals surface area contributed by atoms with E-state index in [-0.39, 0.29) is 30.5 Å². The molecule has 0 atom stereocenters. The molecule has 8 heteroatoms. The van der Waals surface area contributed by atoms with Gasteiger partial charge in [0.2, 0.25) is 5.91 Å². The number of nitrogens with zero attached hydrogens (tertiary/aromatic N) is 2. The highest BCUT2D eigenvalue weighted by Gasteiger charge is 2.32. The fraction of sp³-hybridized carbons (Fsp3) is 0.250. The highest BCUT2D eigenvalue weighted by Crippen LogP contribution is 2.33. The number of nitrogens with one attached hydrogen (secondary N) is 1. The summed E-state index contributed by atoms with van der Waals surface area (Å²) in [5, 5.41) is 11.9. The Hall–Kier alpha value is -2.61. The van der Waals surface area contributed by atoms with Crippen LogP contribution in [0.4, 0.5) is 24.7 Å². The number of amides is 1. The molecule has 1 aliphatic heterocycles. The maximum absolute atomic E-state index is 13.0. The monoisotopic (exact) mass is 337 g/mol. The third-order valence-electron chi connectivity index (χ3n) is 3.67. The Kier molecular flexibility index (Phi) is 4.15. The number of pyridine rings is 1. The summed E-state index contributed by atoms with van der Waals surface area (Å²) in [6.45, 7) is -0.518. The Morgan fingerprint density at radius 3 is 2.67 bits per heavy atom. The number of carbonyl (C=O) groups excluding carboxylic acids is 1. The van der Waals surface area contributed by atoms with Crippen LogP contribution in [-0.4, -0.2) is 22.5 Å². The normalized spacial score (nSPS) is 14.8. The van der Waals surface area contributed by atoms with E-state index in [2.05, 4.69) is 10.3 Å². The van der Waals surface area contributed by atoms with Gasteiger partial charge in [-0.15, -0.1) is 0 Å². The highest BCUT2D eigenvalue weighted by molar-refractivity contribution is 5.95. The van der Waals surface area contributed by atoms with Gasteiger partial charge >= 0.3 is 6.18 Å². The molecule has 2 heterocycles. The number of benzene rings is 1. The first-order valence-electron chi connectivity index (χ1n) is 7.18. The molecule has 0 bridgehead atoms. The Morgan fingerprint density at radius 2 is 1.96 bits per heavy atom. The van der Waals surface area contributed by atoms with Gasteiger partial charge in [0.05, 0.1) is 24.4 Å². The molecule has 3 rings (SSSR count). The minimum Gasteiger partial charge on any atom is -0.390 e. The molecule has 2 aromatic rings. The van der Waals surface area contributed by atoms with Gasteiger partial charge in [-0.05, 0) is 23.8 Å². The number of hydrogen-bond donors (Lipinski definition) is 2. The molecule has 1 aliphatic rings. The topological polar surface area (TPSA) is 65.5 Å². The molecule has 24 heavy (non-hydrogen) atoms. The first-order chi connectivity index (χ1) is 11.4. The lowest BCUT2D eigenvalue weighted by Crippen LogP contribution is -2.31. The molecule has 0 fully saturated rings. The van der Waals surface area contributed by atoms with Crippen LogP contribution in [0.15, 0.2) is 36.4 Å². The van der Waals surface area contributed by atoms with Crippen molar-refractivity contribution in [2.24, 2.45) is 0 Å². The molecule has 5 nitrogen and oxygen atoms in total. The lowest BCUT2D eigenvalue weighted by atomic mass is 10.1. The van der Waals surface area contributed by atoms with E-state index in [9.17, 15) is 23.1 Å². The van der Waals surface area contributed by atoms with Crippen LogP contribution in [-0.2, 0) is 24.1 Å². The fourth-order valence-electron chi connectivity index (χ4n) is 2.55. The van der Waals surface area contributed by atoms with Gasteiger partial charge < -0.3 is 15.3 Å². The predicted octanol–water partition coefficient (Wildman–Crippen LogP) is 2.55. The van der Waals surface area contributed by atoms with Crippen LogP contribution in [0.3, 0.4) is 0 Å². The van der Waals surface area contributed by atoms with Crippen LogP contribution >= 0.6 is 0 Å². The summed E-state index contributed by atoms with van der Waals surface area (Å²) in [6.07, 6.45) is -4.56. The van der Waals surface area contributed by atoms with Crippen LogP contribution in [0.2, 0.25) is 0 Å². The minimum absolute atomic E-state index is 0.000674. The van der Waals surface area contributed by atoms with Crippen LogP contribution in [0.25, 0.3) is 0 Å². The molecule has 1 aromatic heterocycles. The number of aliphatic hydroxyl groups is 1. The van der Waals surface area contributed by atoms with Gasteiger partial charge in [0, 0.05) is 12.2 Å². The van der Waals surface area contributed by atoms with E-state index in [0.29, 0.717) is 5.69 Å². The molecule has 0 spiro atoms. The van der Waals surface area contributed by atoms with Crippen molar-refractivity contribution >= 4 is 17.4 Å². The molecule has 0 unspecified atom stereocenters. The molecule has 1 amide bonds. The van der Waals surface area contributed by atoms with Crippen molar-refractivity contribution in [3.05, 3.63) is 53.2 Å². The second kappa shape index (κ2) is 6.12. The quantitative estimate of drug-likeness (QED) is 0.884. The molecule has 0 aliphatic carbocycles. The molecule has 0 saturated heterocycles. The largest absolute Gasteiger partial charge is 0.416 e. The van der Waals surface area contributed by atoms with Crippen LogP contribution in [0.5, 0.6) is 0 Å². The van der Waals surface area contributed by atoms with E-state index >= 15 is 0 Å². The number of halogens is 3. The number of aromatic nitrogens is 1. The van der Waals surface area contributed by atoms with Gasteiger partial charge in [-0.3, -0.25) is 4.79 Å². The lowest BCUT2D eigenvalue weighted by molar-refractivity contribution is -0.137. The smallest absolute Gasteiger partial charge is 0.390 e. The zero-order valence-corrected chi connectivity index (χ0v) is 12.5. The summed E-state index contributed by atoms with van der Waals surface area (Å²) < 4.78 is 39.1. The molecule has 2 N–H and O–H groups in total. The molecular formula is C16H14F3N3O2. The van der Waals surface area contributed by atoms with Gasteiger partial charge in [0.1, 0.15) is 5.82 Å². The second-order valence-electron chi connectivity index (χ2n) is 5.42. The zero-order chi connectivity index (χ0) is 17.3. The van der Waals surface area contributed by atoms with Crippen molar-refractivity contribution in [3.63, 3.8) is 0 Å². The molecular weight excluding hydrogens is 323 g/mol. The lowest BCUT2D eigenvalue weighted by Gasteiger charge is -2.22. The highest BCUT2D eigenvalue weighted by atomic mass is 19.4. The van der Waals surface area contributed by atoms with Gasteiger partial charge in [-0.1, -0.05) is 18.2 Å². The first-order valence-corrected chi connectivity index (χ1v) is 7.18. The maximum Gasteiger partial charge on any atom is 0.416 e. The second-order valence-corrected chi connectivity index (χ2v) is 5.42. The standard InChI is InChI=1S/C16H14F3N3O2/c17-16(18,19)11-5-12(9-23)20-14(6-11)22-7-10-3-1-2-4-13(10)21-15(24)8-22/h1-6,23H,7-9H2,(H,21,24).